The number of carbonyl (C=O) groups excluding carboxylic acids is 4. The summed E-state index contributed by atoms with van der Waals surface area (Å²) in [5.41, 5.74) is 21.9. The fourth-order valence-electron chi connectivity index (χ4n) is 3.15. The Kier molecular flexibility index (Phi) is 13.0. The Morgan fingerprint density at radius 2 is 1.42 bits per heavy atom. The van der Waals surface area contributed by atoms with Crippen LogP contribution in [0.5, 0.6) is 5.75 Å². The van der Waals surface area contributed by atoms with Gasteiger partial charge in [-0.15, -0.1) is 0 Å². The van der Waals surface area contributed by atoms with E-state index in [4.69, 9.17) is 22.9 Å². The van der Waals surface area contributed by atoms with Crippen LogP contribution in [-0.4, -0.2) is 88.2 Å². The lowest BCUT2D eigenvalue weighted by Crippen LogP contribution is -2.58. The van der Waals surface area contributed by atoms with Crippen LogP contribution >= 0.6 is 0 Å². The van der Waals surface area contributed by atoms with Crippen LogP contribution in [0.2, 0.25) is 0 Å². The molecular weight excluding hydrogens is 504 g/mol. The predicted molar refractivity (Wildman–Crippen MR) is 134 cm³/mol. The van der Waals surface area contributed by atoms with Gasteiger partial charge in [0, 0.05) is 13.0 Å². The molecule has 0 spiro atoms. The van der Waals surface area contributed by atoms with Crippen LogP contribution in [0.4, 0.5) is 0 Å². The summed E-state index contributed by atoms with van der Waals surface area (Å²) >= 11 is 0. The molecule has 0 aliphatic rings. The summed E-state index contributed by atoms with van der Waals surface area (Å²) in [7, 11) is 0. The zero-order chi connectivity index (χ0) is 28.8. The van der Waals surface area contributed by atoms with Gasteiger partial charge in [-0.1, -0.05) is 12.1 Å². The summed E-state index contributed by atoms with van der Waals surface area (Å²) < 4.78 is 0. The number of aromatic hydroxyl groups is 1. The molecule has 0 saturated heterocycles. The highest BCUT2D eigenvalue weighted by atomic mass is 16.4. The number of aliphatic hydroxyl groups is 1. The van der Waals surface area contributed by atoms with Gasteiger partial charge in [0.05, 0.1) is 19.1 Å². The molecule has 0 aliphatic carbocycles. The van der Waals surface area contributed by atoms with E-state index in [1.807, 2.05) is 0 Å². The van der Waals surface area contributed by atoms with Gasteiger partial charge in [-0.3, -0.25) is 24.2 Å². The molecule has 0 bridgehead atoms. The first-order valence-corrected chi connectivity index (χ1v) is 11.5. The number of aliphatic carboxylic acids is 1. The lowest BCUT2D eigenvalue weighted by molar-refractivity contribution is -0.142. The summed E-state index contributed by atoms with van der Waals surface area (Å²) in [6, 6.07) is -0.0537. The number of amides is 4. The van der Waals surface area contributed by atoms with Crippen LogP contribution in [0.1, 0.15) is 24.8 Å². The van der Waals surface area contributed by atoms with E-state index in [9.17, 15) is 39.3 Å². The molecule has 14 N–H and O–H groups in total. The normalized spacial score (nSPS) is 13.7. The molecule has 0 radical (unpaired) electrons. The number of nitrogens with two attached hydrogens (primary N) is 4. The lowest BCUT2D eigenvalue weighted by atomic mass is 10.1. The Balaban J connectivity index is 2.83. The highest BCUT2D eigenvalue weighted by Gasteiger charge is 2.31. The molecule has 0 heterocycles. The van der Waals surface area contributed by atoms with Crippen LogP contribution in [0, 0.1) is 0 Å². The van der Waals surface area contributed by atoms with Crippen LogP contribution < -0.4 is 38.9 Å². The molecular formula is C22H34N8O8. The summed E-state index contributed by atoms with van der Waals surface area (Å²) in [6.45, 7) is -0.712. The second kappa shape index (κ2) is 15.6. The number of nitrogens with zero attached hydrogens (tertiary/aromatic N) is 1. The Labute approximate surface area is 217 Å². The number of carboxylic acids is 1. The number of carbonyl (C=O) groups is 5. The molecule has 16 nitrogen and oxygen atoms in total. The van der Waals surface area contributed by atoms with Gasteiger partial charge >= 0.3 is 5.97 Å². The van der Waals surface area contributed by atoms with Crippen molar-refractivity contribution in [3.8, 4) is 5.75 Å². The molecule has 0 fully saturated rings. The minimum absolute atomic E-state index is 0.0303. The van der Waals surface area contributed by atoms with E-state index in [-0.39, 0.29) is 31.1 Å². The van der Waals surface area contributed by atoms with E-state index < -0.39 is 66.8 Å². The third-order valence-corrected chi connectivity index (χ3v) is 5.15. The van der Waals surface area contributed by atoms with Crippen LogP contribution in [0.25, 0.3) is 0 Å². The molecule has 1 rings (SSSR count). The minimum atomic E-state index is -1.62. The minimum Gasteiger partial charge on any atom is -0.508 e. The number of hydrogen-bond donors (Lipinski definition) is 10. The highest BCUT2D eigenvalue weighted by Crippen LogP contribution is 2.11. The van der Waals surface area contributed by atoms with Gasteiger partial charge in [0.1, 0.15) is 23.9 Å². The first kappa shape index (κ1) is 31.6. The average Bonchev–Trinajstić information content (AvgIpc) is 2.84. The van der Waals surface area contributed by atoms with Gasteiger partial charge in [-0.05, 0) is 30.5 Å². The van der Waals surface area contributed by atoms with Gasteiger partial charge in [0.15, 0.2) is 5.96 Å². The van der Waals surface area contributed by atoms with Crippen LogP contribution in [0.3, 0.4) is 0 Å². The van der Waals surface area contributed by atoms with Crippen LogP contribution in [0.15, 0.2) is 29.3 Å². The SMILES string of the molecule is NC(=O)CC(NC(=O)C(N)CCCN=C(N)N)C(=O)NC(CO)C(=O)NC(Cc1ccc(O)cc1)C(=O)O. The fourth-order valence-corrected chi connectivity index (χ4v) is 3.15. The molecule has 0 saturated carbocycles. The maximum atomic E-state index is 12.7. The van der Waals surface area contributed by atoms with Crippen molar-refractivity contribution in [1.82, 2.24) is 16.0 Å². The van der Waals surface area contributed by atoms with E-state index in [1.165, 1.54) is 24.3 Å². The number of hydrogen-bond acceptors (Lipinski definition) is 9. The van der Waals surface area contributed by atoms with Crippen molar-refractivity contribution in [2.24, 2.45) is 27.9 Å². The number of rotatable bonds is 16. The first-order valence-electron chi connectivity index (χ1n) is 11.5. The Hall–Kier alpha value is -4.44. The van der Waals surface area contributed by atoms with E-state index in [0.717, 1.165) is 0 Å². The van der Waals surface area contributed by atoms with Crippen molar-refractivity contribution in [3.63, 3.8) is 0 Å². The molecule has 1 aromatic carbocycles. The smallest absolute Gasteiger partial charge is 0.326 e. The number of phenolic OH excluding ortho intramolecular Hbond substituents is 1. The van der Waals surface area contributed by atoms with E-state index in [1.54, 1.807) is 0 Å². The molecule has 4 amide bonds. The quantitative estimate of drug-likeness (QED) is 0.0545. The topological polar surface area (TPSA) is 299 Å². The van der Waals surface area contributed by atoms with Gasteiger partial charge in [0.2, 0.25) is 23.6 Å². The van der Waals surface area contributed by atoms with Gasteiger partial charge in [0.25, 0.3) is 0 Å². The van der Waals surface area contributed by atoms with Crippen molar-refractivity contribution < 1.29 is 39.3 Å². The van der Waals surface area contributed by atoms with Crippen LogP contribution in [-0.2, 0) is 30.4 Å². The van der Waals surface area contributed by atoms with Crippen molar-refractivity contribution in [3.05, 3.63) is 29.8 Å². The number of phenols is 1. The van der Waals surface area contributed by atoms with E-state index >= 15 is 0 Å². The van der Waals surface area contributed by atoms with Crippen molar-refractivity contribution in [2.45, 2.75) is 49.9 Å². The largest absolute Gasteiger partial charge is 0.508 e. The van der Waals surface area contributed by atoms with Gasteiger partial charge in [-0.2, -0.15) is 0 Å². The second-order valence-electron chi connectivity index (χ2n) is 8.30. The number of carboxylic acid groups (broad SMARTS) is 1. The molecule has 38 heavy (non-hydrogen) atoms. The van der Waals surface area contributed by atoms with Crippen molar-refractivity contribution in [2.75, 3.05) is 13.2 Å². The third kappa shape index (κ3) is 11.5. The zero-order valence-corrected chi connectivity index (χ0v) is 20.5. The maximum Gasteiger partial charge on any atom is 0.326 e. The molecule has 4 atom stereocenters. The number of aliphatic imine (C=N–C) groups is 1. The molecule has 4 unspecified atom stereocenters. The van der Waals surface area contributed by atoms with Crippen molar-refractivity contribution in [1.29, 1.82) is 0 Å². The number of aliphatic hydroxyl groups excluding tert-OH is 1. The highest BCUT2D eigenvalue weighted by molar-refractivity contribution is 5.96. The Morgan fingerprint density at radius 3 is 1.95 bits per heavy atom. The lowest BCUT2D eigenvalue weighted by Gasteiger charge is -2.24. The van der Waals surface area contributed by atoms with Gasteiger partial charge in [-0.25, -0.2) is 4.79 Å². The maximum absolute atomic E-state index is 12.7. The predicted octanol–water partition coefficient (Wildman–Crippen LogP) is -4.28. The van der Waals surface area contributed by atoms with Gasteiger partial charge < -0.3 is 54.2 Å². The zero-order valence-electron chi connectivity index (χ0n) is 20.5. The number of primary amides is 1. The van der Waals surface area contributed by atoms with Crippen molar-refractivity contribution >= 4 is 35.6 Å². The molecule has 0 aliphatic heterocycles. The number of nitrogens with one attached hydrogen (secondary N) is 3. The summed E-state index contributed by atoms with van der Waals surface area (Å²) in [6.07, 6.45) is -0.306. The molecule has 1 aromatic rings. The summed E-state index contributed by atoms with van der Waals surface area (Å²) in [5.74, 6) is -5.35. The summed E-state index contributed by atoms with van der Waals surface area (Å²) in [4.78, 5) is 64.6. The number of benzene rings is 1. The monoisotopic (exact) mass is 538 g/mol. The summed E-state index contributed by atoms with van der Waals surface area (Å²) in [5, 5.41) is 35.1. The molecule has 0 aromatic heterocycles. The first-order chi connectivity index (χ1) is 17.8. The molecule has 210 valence electrons. The average molecular weight is 539 g/mol. The second-order valence-corrected chi connectivity index (χ2v) is 8.30. The Bertz CT molecular complexity index is 1010. The Morgan fingerprint density at radius 1 is 0.868 bits per heavy atom. The molecule has 16 heteroatoms. The standard InChI is InChI=1S/C22H34N8O8/c23-13(2-1-7-27-22(25)26)18(34)28-14(9-17(24)33)19(35)30-16(10-31)20(36)29-15(21(37)38)8-11-3-5-12(32)6-4-11/h3-6,13-16,31-32H,1-2,7-10,23H2,(H2,24,33)(H,28,34)(H,29,36)(H,30,35)(H,37,38)(H4,25,26,27). The van der Waals surface area contributed by atoms with E-state index in [0.29, 0.717) is 12.0 Å². The fraction of sp³-hybridized carbons (Fsp3) is 0.455. The van der Waals surface area contributed by atoms with E-state index in [2.05, 4.69) is 20.9 Å². The third-order valence-electron chi connectivity index (χ3n) is 5.15. The number of guanidine groups is 1.